The normalized spacial score (nSPS) is 13.8. The summed E-state index contributed by atoms with van der Waals surface area (Å²) >= 11 is 0. The molecule has 0 radical (unpaired) electrons. The summed E-state index contributed by atoms with van der Waals surface area (Å²) < 4.78 is 62.7. The molecule has 0 fully saturated rings. The van der Waals surface area contributed by atoms with E-state index < -0.39 is 42.3 Å². The topological polar surface area (TPSA) is 26.0 Å². The third kappa shape index (κ3) is 3.66. The molecule has 6 heteroatoms. The highest BCUT2D eigenvalue weighted by Crippen LogP contribution is 2.29. The maximum absolute atomic E-state index is 13.5. The molecule has 1 nitrogen and oxygen atoms in total. The summed E-state index contributed by atoms with van der Waals surface area (Å²) in [4.78, 5) is 0. The SMILES string of the molecule is Cc1ccc(F)c([C@@H](N)CCC(F)(F)F)c1F. The molecule has 0 saturated carbocycles. The van der Waals surface area contributed by atoms with Gasteiger partial charge in [0.1, 0.15) is 11.6 Å². The number of halogens is 5. The number of hydrogen-bond acceptors (Lipinski definition) is 1. The van der Waals surface area contributed by atoms with Crippen LogP contribution in [-0.4, -0.2) is 6.18 Å². The van der Waals surface area contributed by atoms with Crippen molar-refractivity contribution in [3.8, 4) is 0 Å². The molecular weight excluding hydrogens is 241 g/mol. The predicted molar refractivity (Wildman–Crippen MR) is 53.3 cm³/mol. The molecule has 1 atom stereocenters. The van der Waals surface area contributed by atoms with E-state index in [1.165, 1.54) is 13.0 Å². The minimum Gasteiger partial charge on any atom is -0.324 e. The first-order chi connectivity index (χ1) is 7.72. The van der Waals surface area contributed by atoms with Crippen LogP contribution in [0.3, 0.4) is 0 Å². The molecule has 0 aliphatic rings. The van der Waals surface area contributed by atoms with Gasteiger partial charge >= 0.3 is 6.18 Å². The van der Waals surface area contributed by atoms with E-state index in [2.05, 4.69) is 0 Å². The fourth-order valence-electron chi connectivity index (χ4n) is 1.48. The van der Waals surface area contributed by atoms with Crippen LogP contribution in [0.2, 0.25) is 0 Å². The van der Waals surface area contributed by atoms with Crippen LogP contribution in [0.1, 0.15) is 30.0 Å². The van der Waals surface area contributed by atoms with Crippen molar-refractivity contribution in [2.45, 2.75) is 32.0 Å². The van der Waals surface area contributed by atoms with Crippen molar-refractivity contribution in [1.29, 1.82) is 0 Å². The summed E-state index contributed by atoms with van der Waals surface area (Å²) in [6.07, 6.45) is -6.09. The zero-order valence-corrected chi connectivity index (χ0v) is 9.11. The third-order valence-corrected chi connectivity index (χ3v) is 2.43. The zero-order valence-electron chi connectivity index (χ0n) is 9.11. The lowest BCUT2D eigenvalue weighted by Gasteiger charge is -2.16. The van der Waals surface area contributed by atoms with Crippen LogP contribution in [0.15, 0.2) is 12.1 Å². The summed E-state index contributed by atoms with van der Waals surface area (Å²) in [5, 5.41) is 0. The van der Waals surface area contributed by atoms with E-state index in [0.717, 1.165) is 6.07 Å². The first kappa shape index (κ1) is 13.9. The summed E-state index contributed by atoms with van der Waals surface area (Å²) in [5.74, 6) is -1.79. The number of benzene rings is 1. The molecule has 0 unspecified atom stereocenters. The maximum atomic E-state index is 13.5. The Labute approximate surface area is 95.4 Å². The standard InChI is InChI=1S/C11H12F5N/c1-6-2-3-7(12)9(10(6)13)8(17)4-5-11(14,15)16/h2-3,8H,4-5,17H2,1H3/t8-/m0/s1. The molecule has 0 amide bonds. The first-order valence-electron chi connectivity index (χ1n) is 4.99. The van der Waals surface area contributed by atoms with Gasteiger partial charge in [0.05, 0.1) is 0 Å². The highest BCUT2D eigenvalue weighted by atomic mass is 19.4. The minimum atomic E-state index is -4.38. The molecule has 0 aromatic heterocycles. The number of hydrogen-bond donors (Lipinski definition) is 1. The Morgan fingerprint density at radius 1 is 1.24 bits per heavy atom. The predicted octanol–water partition coefficient (Wildman–Crippen LogP) is 3.62. The van der Waals surface area contributed by atoms with Gasteiger partial charge < -0.3 is 5.73 Å². The van der Waals surface area contributed by atoms with Gasteiger partial charge in [0, 0.05) is 18.0 Å². The van der Waals surface area contributed by atoms with Crippen LogP contribution >= 0.6 is 0 Å². The van der Waals surface area contributed by atoms with Gasteiger partial charge in [-0.25, -0.2) is 8.78 Å². The van der Waals surface area contributed by atoms with Gasteiger partial charge in [-0.3, -0.25) is 0 Å². The van der Waals surface area contributed by atoms with Crippen molar-refractivity contribution in [2.24, 2.45) is 5.73 Å². The molecule has 0 spiro atoms. The van der Waals surface area contributed by atoms with Crippen molar-refractivity contribution in [3.05, 3.63) is 34.9 Å². The Hall–Kier alpha value is -1.17. The van der Waals surface area contributed by atoms with Crippen molar-refractivity contribution < 1.29 is 22.0 Å². The van der Waals surface area contributed by atoms with E-state index in [0.29, 0.717) is 0 Å². The molecule has 17 heavy (non-hydrogen) atoms. The summed E-state index contributed by atoms with van der Waals surface area (Å²) in [6.45, 7) is 1.40. The second-order valence-corrected chi connectivity index (χ2v) is 3.85. The van der Waals surface area contributed by atoms with Gasteiger partial charge in [-0.2, -0.15) is 13.2 Å². The van der Waals surface area contributed by atoms with Gasteiger partial charge in [-0.05, 0) is 25.0 Å². The first-order valence-corrected chi connectivity index (χ1v) is 4.99. The van der Waals surface area contributed by atoms with E-state index in [-0.39, 0.29) is 5.56 Å². The monoisotopic (exact) mass is 253 g/mol. The van der Waals surface area contributed by atoms with E-state index in [9.17, 15) is 22.0 Å². The number of alkyl halides is 3. The largest absolute Gasteiger partial charge is 0.389 e. The number of aryl methyl sites for hydroxylation is 1. The average Bonchev–Trinajstić information content (AvgIpc) is 2.20. The fourth-order valence-corrected chi connectivity index (χ4v) is 1.48. The summed E-state index contributed by atoms with van der Waals surface area (Å²) in [6, 6.07) is 0.919. The maximum Gasteiger partial charge on any atom is 0.389 e. The van der Waals surface area contributed by atoms with E-state index in [1.807, 2.05) is 0 Å². The molecule has 0 bridgehead atoms. The lowest BCUT2D eigenvalue weighted by molar-refractivity contribution is -0.136. The number of nitrogens with two attached hydrogens (primary N) is 1. The Bertz CT molecular complexity index is 400. The third-order valence-electron chi connectivity index (χ3n) is 2.43. The molecule has 96 valence electrons. The van der Waals surface area contributed by atoms with Gasteiger partial charge in [-0.1, -0.05) is 6.07 Å². The van der Waals surface area contributed by atoms with Crippen LogP contribution < -0.4 is 5.73 Å². The molecule has 1 aromatic carbocycles. The molecule has 0 aliphatic carbocycles. The minimum absolute atomic E-state index is 0.156. The van der Waals surface area contributed by atoms with Crippen molar-refractivity contribution >= 4 is 0 Å². The highest BCUT2D eigenvalue weighted by Gasteiger charge is 2.29. The van der Waals surface area contributed by atoms with Crippen molar-refractivity contribution in [1.82, 2.24) is 0 Å². The fraction of sp³-hybridized carbons (Fsp3) is 0.455. The lowest BCUT2D eigenvalue weighted by atomic mass is 9.99. The lowest BCUT2D eigenvalue weighted by Crippen LogP contribution is -2.18. The van der Waals surface area contributed by atoms with Crippen LogP contribution in [0, 0.1) is 18.6 Å². The highest BCUT2D eigenvalue weighted by molar-refractivity contribution is 5.29. The molecule has 0 aliphatic heterocycles. The zero-order chi connectivity index (χ0) is 13.2. The Kier molecular flexibility index (Phi) is 4.08. The molecule has 1 aromatic rings. The summed E-state index contributed by atoms with van der Waals surface area (Å²) in [5.41, 5.74) is 5.07. The Morgan fingerprint density at radius 2 is 1.82 bits per heavy atom. The summed E-state index contributed by atoms with van der Waals surface area (Å²) in [7, 11) is 0. The molecule has 0 saturated heterocycles. The Morgan fingerprint density at radius 3 is 2.35 bits per heavy atom. The van der Waals surface area contributed by atoms with Crippen LogP contribution in [0.4, 0.5) is 22.0 Å². The smallest absolute Gasteiger partial charge is 0.324 e. The van der Waals surface area contributed by atoms with Gasteiger partial charge in [0.15, 0.2) is 0 Å². The molecular formula is C11H12F5N. The average molecular weight is 253 g/mol. The van der Waals surface area contributed by atoms with E-state index in [1.54, 1.807) is 0 Å². The Balaban J connectivity index is 2.89. The van der Waals surface area contributed by atoms with Gasteiger partial charge in [0.25, 0.3) is 0 Å². The second kappa shape index (κ2) is 5.00. The quantitative estimate of drug-likeness (QED) is 0.818. The second-order valence-electron chi connectivity index (χ2n) is 3.85. The molecule has 1 rings (SSSR count). The van der Waals surface area contributed by atoms with Crippen LogP contribution in [0.25, 0.3) is 0 Å². The van der Waals surface area contributed by atoms with Crippen LogP contribution in [-0.2, 0) is 0 Å². The van der Waals surface area contributed by atoms with E-state index >= 15 is 0 Å². The van der Waals surface area contributed by atoms with Crippen LogP contribution in [0.5, 0.6) is 0 Å². The van der Waals surface area contributed by atoms with Gasteiger partial charge in [-0.15, -0.1) is 0 Å². The molecule has 0 heterocycles. The molecule has 2 N–H and O–H groups in total. The van der Waals surface area contributed by atoms with Crippen molar-refractivity contribution in [2.75, 3.05) is 0 Å². The van der Waals surface area contributed by atoms with E-state index in [4.69, 9.17) is 5.73 Å². The van der Waals surface area contributed by atoms with Gasteiger partial charge in [0.2, 0.25) is 0 Å². The number of rotatable bonds is 3. The van der Waals surface area contributed by atoms with Crippen molar-refractivity contribution in [3.63, 3.8) is 0 Å².